The van der Waals surface area contributed by atoms with E-state index in [-0.39, 0.29) is 12.0 Å². The van der Waals surface area contributed by atoms with Gasteiger partial charge in [0.2, 0.25) is 0 Å². The number of rotatable bonds is 4. The number of aliphatic hydroxyl groups excluding tert-OH is 1. The minimum Gasteiger partial charge on any atom is -0.391 e. The molecular weight excluding hydrogens is 234 g/mol. The van der Waals surface area contributed by atoms with E-state index in [0.29, 0.717) is 12.5 Å². The predicted molar refractivity (Wildman–Crippen MR) is 69.4 cm³/mol. The van der Waals surface area contributed by atoms with Gasteiger partial charge in [-0.3, -0.25) is 4.79 Å². The number of nitrogens with one attached hydrogen (secondary N) is 1. The van der Waals surface area contributed by atoms with Crippen LogP contribution in [0.5, 0.6) is 0 Å². The van der Waals surface area contributed by atoms with Crippen LogP contribution < -0.4 is 5.32 Å². The van der Waals surface area contributed by atoms with Gasteiger partial charge in [-0.2, -0.15) is 0 Å². The molecular formula is C13H19NO2S. The molecule has 3 nitrogen and oxygen atoms in total. The van der Waals surface area contributed by atoms with Crippen LogP contribution in [0.2, 0.25) is 0 Å². The van der Waals surface area contributed by atoms with E-state index in [9.17, 15) is 9.90 Å². The van der Waals surface area contributed by atoms with Crippen molar-refractivity contribution in [2.75, 3.05) is 6.54 Å². The number of aliphatic hydroxyl groups is 1. The molecule has 0 radical (unpaired) electrons. The highest BCUT2D eigenvalue weighted by Gasteiger charge is 2.23. The van der Waals surface area contributed by atoms with E-state index >= 15 is 0 Å². The van der Waals surface area contributed by atoms with E-state index in [1.807, 2.05) is 18.4 Å². The minimum atomic E-state index is -0.387. The summed E-state index contributed by atoms with van der Waals surface area (Å²) in [7, 11) is 0. The fourth-order valence-corrected chi connectivity index (χ4v) is 3.23. The van der Waals surface area contributed by atoms with Gasteiger partial charge >= 0.3 is 0 Å². The molecule has 0 aromatic carbocycles. The third-order valence-corrected chi connectivity index (χ3v) is 4.50. The van der Waals surface area contributed by atoms with Gasteiger partial charge in [0.05, 0.1) is 11.0 Å². The molecule has 0 aliphatic heterocycles. The van der Waals surface area contributed by atoms with Gasteiger partial charge < -0.3 is 10.4 Å². The van der Waals surface area contributed by atoms with E-state index < -0.39 is 0 Å². The Hall–Kier alpha value is -0.870. The Morgan fingerprint density at radius 2 is 2.29 bits per heavy atom. The lowest BCUT2D eigenvalue weighted by atomic mass is 10.0. The third-order valence-electron chi connectivity index (χ3n) is 3.48. The zero-order valence-corrected chi connectivity index (χ0v) is 10.9. The highest BCUT2D eigenvalue weighted by molar-refractivity contribution is 7.12. The van der Waals surface area contributed by atoms with E-state index in [1.165, 1.54) is 24.2 Å². The first-order chi connectivity index (χ1) is 8.18. The number of aryl methyl sites for hydroxylation is 1. The fraction of sp³-hybridized carbons (Fsp3) is 0.615. The zero-order valence-electron chi connectivity index (χ0n) is 10.1. The lowest BCUT2D eigenvalue weighted by Crippen LogP contribution is -2.35. The summed E-state index contributed by atoms with van der Waals surface area (Å²) in [6, 6.07) is 1.94. The molecule has 4 heteroatoms. The van der Waals surface area contributed by atoms with Crippen molar-refractivity contribution in [2.24, 2.45) is 5.92 Å². The van der Waals surface area contributed by atoms with Crippen LogP contribution >= 0.6 is 11.3 Å². The Bertz CT molecular complexity index is 383. The highest BCUT2D eigenvalue weighted by atomic mass is 32.1. The van der Waals surface area contributed by atoms with E-state index in [1.54, 1.807) is 0 Å². The molecule has 1 aliphatic rings. The number of carbonyl (C=O) groups excluding carboxylic acids is 1. The first-order valence-corrected chi connectivity index (χ1v) is 7.07. The molecule has 2 rings (SSSR count). The second-order valence-corrected chi connectivity index (χ2v) is 5.67. The summed E-state index contributed by atoms with van der Waals surface area (Å²) in [5, 5.41) is 14.7. The largest absolute Gasteiger partial charge is 0.391 e. The summed E-state index contributed by atoms with van der Waals surface area (Å²) in [6.07, 6.45) is 4.21. The smallest absolute Gasteiger partial charge is 0.261 e. The molecule has 1 aliphatic carbocycles. The summed E-state index contributed by atoms with van der Waals surface area (Å²) >= 11 is 1.45. The summed E-state index contributed by atoms with van der Waals surface area (Å²) in [4.78, 5) is 12.6. The Kier molecular flexibility index (Phi) is 4.18. The van der Waals surface area contributed by atoms with E-state index in [4.69, 9.17) is 0 Å². The number of hydrogen-bond acceptors (Lipinski definition) is 3. The Labute approximate surface area is 106 Å². The Balaban J connectivity index is 1.82. The third kappa shape index (κ3) is 3.07. The van der Waals surface area contributed by atoms with Gasteiger partial charge in [0.15, 0.2) is 0 Å². The molecule has 94 valence electrons. The van der Waals surface area contributed by atoms with Crippen molar-refractivity contribution in [2.45, 2.75) is 38.7 Å². The Morgan fingerprint density at radius 1 is 1.59 bits per heavy atom. The average Bonchev–Trinajstić information content (AvgIpc) is 2.95. The fourth-order valence-electron chi connectivity index (χ4n) is 2.39. The van der Waals surface area contributed by atoms with Crippen molar-refractivity contribution >= 4 is 17.2 Å². The average molecular weight is 253 g/mol. The maximum atomic E-state index is 11.8. The molecule has 1 atom stereocenters. The standard InChI is InChI=1S/C13H19NO2S/c1-9-6-7-17-12(9)13(16)14-8-11(15)10-4-2-3-5-10/h6-7,10-11,15H,2-5,8H2,1H3,(H,14,16). The molecule has 2 N–H and O–H groups in total. The normalized spacial score (nSPS) is 18.2. The molecule has 1 unspecified atom stereocenters. The quantitative estimate of drug-likeness (QED) is 0.865. The SMILES string of the molecule is Cc1ccsc1C(=O)NCC(O)C1CCCC1. The van der Waals surface area contributed by atoms with Crippen molar-refractivity contribution in [1.82, 2.24) is 5.32 Å². The topological polar surface area (TPSA) is 49.3 Å². The maximum absolute atomic E-state index is 11.8. The molecule has 0 spiro atoms. The van der Waals surface area contributed by atoms with E-state index in [2.05, 4.69) is 5.32 Å². The van der Waals surface area contributed by atoms with Crippen LogP contribution in [0.4, 0.5) is 0 Å². The highest BCUT2D eigenvalue weighted by Crippen LogP contribution is 2.27. The van der Waals surface area contributed by atoms with Gasteiger partial charge in [-0.1, -0.05) is 12.8 Å². The van der Waals surface area contributed by atoms with Crippen LogP contribution in [0.3, 0.4) is 0 Å². The van der Waals surface area contributed by atoms with Crippen molar-refractivity contribution in [1.29, 1.82) is 0 Å². The maximum Gasteiger partial charge on any atom is 0.261 e. The van der Waals surface area contributed by atoms with Crippen LogP contribution in [0, 0.1) is 12.8 Å². The second kappa shape index (κ2) is 5.65. The molecule has 17 heavy (non-hydrogen) atoms. The van der Waals surface area contributed by atoms with Crippen LogP contribution in [-0.2, 0) is 0 Å². The molecule has 1 heterocycles. The monoisotopic (exact) mass is 253 g/mol. The lowest BCUT2D eigenvalue weighted by Gasteiger charge is -2.17. The molecule has 0 saturated heterocycles. The minimum absolute atomic E-state index is 0.0606. The summed E-state index contributed by atoms with van der Waals surface area (Å²) in [5.41, 5.74) is 1.00. The van der Waals surface area contributed by atoms with E-state index in [0.717, 1.165) is 23.3 Å². The van der Waals surface area contributed by atoms with Gasteiger partial charge in [0, 0.05) is 6.54 Å². The van der Waals surface area contributed by atoms with Crippen molar-refractivity contribution in [3.63, 3.8) is 0 Å². The predicted octanol–water partition coefficient (Wildman–Crippen LogP) is 2.34. The summed E-state index contributed by atoms with van der Waals surface area (Å²) in [5.74, 6) is 0.314. The lowest BCUT2D eigenvalue weighted by molar-refractivity contribution is 0.0843. The number of thiophene rings is 1. The molecule has 0 bridgehead atoms. The number of hydrogen-bond donors (Lipinski definition) is 2. The van der Waals surface area contributed by atoms with Crippen molar-refractivity contribution < 1.29 is 9.90 Å². The van der Waals surface area contributed by atoms with Gasteiger partial charge in [-0.15, -0.1) is 11.3 Å². The van der Waals surface area contributed by atoms with Crippen LogP contribution in [-0.4, -0.2) is 23.7 Å². The van der Waals surface area contributed by atoms with Gasteiger partial charge in [0.1, 0.15) is 0 Å². The van der Waals surface area contributed by atoms with Crippen molar-refractivity contribution in [3.05, 3.63) is 21.9 Å². The first kappa shape index (κ1) is 12.6. The molecule has 1 aromatic rings. The Morgan fingerprint density at radius 3 is 2.88 bits per heavy atom. The second-order valence-electron chi connectivity index (χ2n) is 4.75. The summed E-state index contributed by atoms with van der Waals surface area (Å²) < 4.78 is 0. The van der Waals surface area contributed by atoms with Crippen molar-refractivity contribution in [3.8, 4) is 0 Å². The number of amides is 1. The summed E-state index contributed by atoms with van der Waals surface area (Å²) in [6.45, 7) is 2.31. The van der Waals surface area contributed by atoms with Gasteiger partial charge in [-0.05, 0) is 42.7 Å². The van der Waals surface area contributed by atoms with Gasteiger partial charge in [0.25, 0.3) is 5.91 Å². The van der Waals surface area contributed by atoms with Crippen LogP contribution in [0.15, 0.2) is 11.4 Å². The van der Waals surface area contributed by atoms with Crippen LogP contribution in [0.1, 0.15) is 40.9 Å². The van der Waals surface area contributed by atoms with Gasteiger partial charge in [-0.25, -0.2) is 0 Å². The molecule has 1 amide bonds. The molecule has 1 saturated carbocycles. The number of carbonyl (C=O) groups is 1. The van der Waals surface area contributed by atoms with Crippen LogP contribution in [0.25, 0.3) is 0 Å². The molecule has 1 aromatic heterocycles. The zero-order chi connectivity index (χ0) is 12.3. The molecule has 1 fully saturated rings. The first-order valence-electron chi connectivity index (χ1n) is 6.19.